The van der Waals surface area contributed by atoms with Gasteiger partial charge in [0.05, 0.1) is 20.3 Å². The van der Waals surface area contributed by atoms with Gasteiger partial charge in [0.25, 0.3) is 0 Å². The van der Waals surface area contributed by atoms with Crippen LogP contribution < -0.4 is 14.8 Å². The largest absolute Gasteiger partial charge is 0.497 e. The fraction of sp³-hybridized carbons (Fsp3) is 0.389. The molecule has 0 radical (unpaired) electrons. The maximum atomic E-state index is 12.6. The normalized spacial score (nSPS) is 16.9. The van der Waals surface area contributed by atoms with Crippen molar-refractivity contribution >= 4 is 17.4 Å². The molecule has 2 aromatic rings. The molecule has 0 bridgehead atoms. The summed E-state index contributed by atoms with van der Waals surface area (Å²) in [5.74, 6) is 1.49. The summed E-state index contributed by atoms with van der Waals surface area (Å²) in [6.45, 7) is 1.20. The monoisotopic (exact) mass is 346 g/mol. The number of amides is 2. The number of methoxy groups -OCH3 is 2. The summed E-state index contributed by atoms with van der Waals surface area (Å²) in [5, 5.41) is 7.20. The highest BCUT2D eigenvalue weighted by atomic mass is 32.1. The second-order valence-corrected chi connectivity index (χ2v) is 6.52. The molecule has 6 heteroatoms. The predicted octanol–water partition coefficient (Wildman–Crippen LogP) is 3.81. The molecule has 2 amide bonds. The number of hydrogen-bond donors (Lipinski definition) is 1. The van der Waals surface area contributed by atoms with Crippen LogP contribution >= 0.6 is 11.3 Å². The smallest absolute Gasteiger partial charge is 0.318 e. The van der Waals surface area contributed by atoms with Gasteiger partial charge in [-0.15, -0.1) is 0 Å². The molecule has 5 nitrogen and oxygen atoms in total. The molecule has 0 aliphatic carbocycles. The van der Waals surface area contributed by atoms with Crippen LogP contribution in [0.1, 0.15) is 30.0 Å². The van der Waals surface area contributed by atoms with Gasteiger partial charge in [-0.25, -0.2) is 4.79 Å². The van der Waals surface area contributed by atoms with Gasteiger partial charge in [-0.2, -0.15) is 11.3 Å². The van der Waals surface area contributed by atoms with Crippen LogP contribution in [0.2, 0.25) is 0 Å². The third kappa shape index (κ3) is 3.48. The molecule has 1 aromatic carbocycles. The molecule has 24 heavy (non-hydrogen) atoms. The SMILES string of the molecule is COc1ccc(OC)c(CNC(=O)N2CCC[C@@H]2c2ccsc2)c1. The Morgan fingerprint density at radius 2 is 2.21 bits per heavy atom. The standard InChI is InChI=1S/C18H22N2O3S/c1-22-15-5-6-17(23-2)14(10-15)11-19-18(21)20-8-3-4-16(20)13-7-9-24-12-13/h5-7,9-10,12,16H,3-4,8,11H2,1-2H3,(H,19,21)/t16-/m1/s1. The minimum absolute atomic E-state index is 0.0337. The van der Waals surface area contributed by atoms with Crippen molar-refractivity contribution in [2.75, 3.05) is 20.8 Å². The Labute approximate surface area is 146 Å². The Hall–Kier alpha value is -2.21. The molecule has 1 aliphatic heterocycles. The maximum absolute atomic E-state index is 12.6. The molecule has 1 atom stereocenters. The van der Waals surface area contributed by atoms with Gasteiger partial charge in [0.2, 0.25) is 0 Å². The number of benzene rings is 1. The summed E-state index contributed by atoms with van der Waals surface area (Å²) in [6.07, 6.45) is 2.06. The molecule has 0 saturated carbocycles. The van der Waals surface area contributed by atoms with Crippen LogP contribution in [0.3, 0.4) is 0 Å². The summed E-state index contributed by atoms with van der Waals surface area (Å²) in [6, 6.07) is 7.84. The van der Waals surface area contributed by atoms with E-state index in [1.807, 2.05) is 23.1 Å². The number of carbonyl (C=O) groups is 1. The van der Waals surface area contributed by atoms with Gasteiger partial charge in [0.1, 0.15) is 11.5 Å². The minimum atomic E-state index is -0.0337. The lowest BCUT2D eigenvalue weighted by Gasteiger charge is -2.24. The zero-order valence-electron chi connectivity index (χ0n) is 14.0. The van der Waals surface area contributed by atoms with E-state index in [-0.39, 0.29) is 12.1 Å². The number of urea groups is 1. The number of likely N-dealkylation sites (tertiary alicyclic amines) is 1. The molecule has 1 saturated heterocycles. The molecule has 2 heterocycles. The van der Waals surface area contributed by atoms with E-state index in [1.165, 1.54) is 5.56 Å². The fourth-order valence-corrected chi connectivity index (χ4v) is 3.82. The van der Waals surface area contributed by atoms with E-state index in [9.17, 15) is 4.79 Å². The second-order valence-electron chi connectivity index (χ2n) is 5.74. The Morgan fingerprint density at radius 1 is 1.33 bits per heavy atom. The maximum Gasteiger partial charge on any atom is 0.318 e. The zero-order valence-corrected chi connectivity index (χ0v) is 14.8. The molecule has 0 unspecified atom stereocenters. The summed E-state index contributed by atoms with van der Waals surface area (Å²) < 4.78 is 10.6. The Morgan fingerprint density at radius 3 is 2.92 bits per heavy atom. The number of hydrogen-bond acceptors (Lipinski definition) is 4. The van der Waals surface area contributed by atoms with E-state index < -0.39 is 0 Å². The Bertz CT molecular complexity index is 688. The molecule has 1 aliphatic rings. The van der Waals surface area contributed by atoms with E-state index in [0.717, 1.165) is 36.4 Å². The Balaban J connectivity index is 1.67. The highest BCUT2D eigenvalue weighted by Gasteiger charge is 2.30. The lowest BCUT2D eigenvalue weighted by Crippen LogP contribution is -2.39. The zero-order chi connectivity index (χ0) is 16.9. The summed E-state index contributed by atoms with van der Waals surface area (Å²) in [4.78, 5) is 14.5. The molecule has 1 N–H and O–H groups in total. The van der Waals surface area contributed by atoms with Crippen molar-refractivity contribution in [1.82, 2.24) is 10.2 Å². The average molecular weight is 346 g/mol. The lowest BCUT2D eigenvalue weighted by atomic mass is 10.1. The van der Waals surface area contributed by atoms with E-state index >= 15 is 0 Å². The van der Waals surface area contributed by atoms with Gasteiger partial charge in [0, 0.05) is 18.7 Å². The van der Waals surface area contributed by atoms with E-state index in [2.05, 4.69) is 22.1 Å². The van der Waals surface area contributed by atoms with Crippen LogP contribution in [0.4, 0.5) is 4.79 Å². The van der Waals surface area contributed by atoms with Crippen molar-refractivity contribution in [2.45, 2.75) is 25.4 Å². The number of nitrogens with zero attached hydrogens (tertiary/aromatic N) is 1. The first-order valence-corrected chi connectivity index (χ1v) is 8.94. The first-order valence-electron chi connectivity index (χ1n) is 8.00. The Kier molecular flexibility index (Phi) is 5.25. The van der Waals surface area contributed by atoms with Crippen molar-refractivity contribution in [2.24, 2.45) is 0 Å². The minimum Gasteiger partial charge on any atom is -0.497 e. The molecular formula is C18H22N2O3S. The number of carbonyl (C=O) groups excluding carboxylic acids is 1. The van der Waals surface area contributed by atoms with E-state index in [1.54, 1.807) is 25.6 Å². The van der Waals surface area contributed by atoms with Crippen LogP contribution in [-0.2, 0) is 6.54 Å². The summed E-state index contributed by atoms with van der Waals surface area (Å²) in [5.41, 5.74) is 2.13. The number of thiophene rings is 1. The third-order valence-electron chi connectivity index (χ3n) is 4.36. The van der Waals surface area contributed by atoms with Gasteiger partial charge in [0.15, 0.2) is 0 Å². The van der Waals surface area contributed by atoms with Gasteiger partial charge in [-0.1, -0.05) is 0 Å². The molecule has 1 aromatic heterocycles. The molecule has 0 spiro atoms. The fourth-order valence-electron chi connectivity index (χ4n) is 3.11. The number of ether oxygens (including phenoxy) is 2. The molecule has 128 valence electrons. The van der Waals surface area contributed by atoms with Gasteiger partial charge in [-0.05, 0) is 53.4 Å². The quantitative estimate of drug-likeness (QED) is 0.895. The van der Waals surface area contributed by atoms with Crippen molar-refractivity contribution in [1.29, 1.82) is 0 Å². The molecular weight excluding hydrogens is 324 g/mol. The van der Waals surface area contributed by atoms with Crippen LogP contribution in [0.15, 0.2) is 35.0 Å². The van der Waals surface area contributed by atoms with Gasteiger partial charge >= 0.3 is 6.03 Å². The number of nitrogens with one attached hydrogen (secondary N) is 1. The summed E-state index contributed by atoms with van der Waals surface area (Å²) in [7, 11) is 3.25. The van der Waals surface area contributed by atoms with Gasteiger partial charge in [-0.3, -0.25) is 0 Å². The van der Waals surface area contributed by atoms with Crippen LogP contribution in [-0.4, -0.2) is 31.7 Å². The van der Waals surface area contributed by atoms with Crippen LogP contribution in [0.25, 0.3) is 0 Å². The highest BCUT2D eigenvalue weighted by molar-refractivity contribution is 7.07. The van der Waals surface area contributed by atoms with E-state index in [0.29, 0.717) is 6.54 Å². The third-order valence-corrected chi connectivity index (χ3v) is 5.06. The van der Waals surface area contributed by atoms with Crippen molar-refractivity contribution < 1.29 is 14.3 Å². The first kappa shape index (κ1) is 16.6. The van der Waals surface area contributed by atoms with Crippen molar-refractivity contribution in [3.8, 4) is 11.5 Å². The van der Waals surface area contributed by atoms with Crippen LogP contribution in [0.5, 0.6) is 11.5 Å². The van der Waals surface area contributed by atoms with Crippen molar-refractivity contribution in [3.05, 3.63) is 46.2 Å². The molecule has 1 fully saturated rings. The average Bonchev–Trinajstić information content (AvgIpc) is 3.29. The molecule has 3 rings (SSSR count). The first-order chi connectivity index (χ1) is 11.7. The topological polar surface area (TPSA) is 50.8 Å². The van der Waals surface area contributed by atoms with Gasteiger partial charge < -0.3 is 19.7 Å². The second kappa shape index (κ2) is 7.57. The van der Waals surface area contributed by atoms with Crippen molar-refractivity contribution in [3.63, 3.8) is 0 Å². The van der Waals surface area contributed by atoms with Crippen LogP contribution in [0, 0.1) is 0 Å². The highest BCUT2D eigenvalue weighted by Crippen LogP contribution is 2.33. The summed E-state index contributed by atoms with van der Waals surface area (Å²) >= 11 is 1.67. The van der Waals surface area contributed by atoms with E-state index in [4.69, 9.17) is 9.47 Å². The predicted molar refractivity (Wildman–Crippen MR) is 94.8 cm³/mol. The number of rotatable bonds is 5. The lowest BCUT2D eigenvalue weighted by molar-refractivity contribution is 0.192.